The summed E-state index contributed by atoms with van der Waals surface area (Å²) in [5.41, 5.74) is 8.13. The van der Waals surface area contributed by atoms with Gasteiger partial charge < -0.3 is 5.32 Å². The summed E-state index contributed by atoms with van der Waals surface area (Å²) < 4.78 is 2.00. The number of nitrogens with one attached hydrogen (secondary N) is 1. The van der Waals surface area contributed by atoms with Gasteiger partial charge in [-0.1, -0.05) is 43.3 Å². The van der Waals surface area contributed by atoms with Crippen LogP contribution in [0.3, 0.4) is 0 Å². The predicted molar refractivity (Wildman–Crippen MR) is 124 cm³/mol. The molecule has 158 valence electrons. The highest BCUT2D eigenvalue weighted by molar-refractivity contribution is 5.55. The van der Waals surface area contributed by atoms with Crippen LogP contribution in [0.25, 0.3) is 11.7 Å². The standard InChI is InChI=1S/C25H33N5/c1-5-24-23(25-27-18(2)15-20(4)30(25)28-24)16-22-10-8-21(9-11-22)7-6-13-29-14-12-26-19(3)17-29/h6-11,15,19,26H,5,12-14,16-17H2,1-4H3/t19-/m0/s1. The van der Waals surface area contributed by atoms with Gasteiger partial charge in [-0.2, -0.15) is 5.10 Å². The number of nitrogens with zero attached hydrogens (tertiary/aromatic N) is 4. The van der Waals surface area contributed by atoms with Crippen LogP contribution < -0.4 is 5.32 Å². The molecule has 2 aromatic heterocycles. The van der Waals surface area contributed by atoms with Crippen LogP contribution in [-0.4, -0.2) is 51.7 Å². The van der Waals surface area contributed by atoms with E-state index in [1.54, 1.807) is 0 Å². The van der Waals surface area contributed by atoms with E-state index < -0.39 is 0 Å². The second-order valence-corrected chi connectivity index (χ2v) is 8.49. The Labute approximate surface area is 179 Å². The molecule has 0 bridgehead atoms. The number of piperazine rings is 1. The Hall–Kier alpha value is -2.50. The third kappa shape index (κ3) is 4.63. The van der Waals surface area contributed by atoms with Gasteiger partial charge in [0.05, 0.1) is 5.69 Å². The maximum absolute atomic E-state index is 4.81. The zero-order valence-electron chi connectivity index (χ0n) is 18.7. The highest BCUT2D eigenvalue weighted by Crippen LogP contribution is 2.21. The minimum absolute atomic E-state index is 0.585. The summed E-state index contributed by atoms with van der Waals surface area (Å²) in [6.45, 7) is 12.9. The Balaban J connectivity index is 1.47. The Bertz CT molecular complexity index is 1030. The molecule has 0 spiro atoms. The molecule has 1 aromatic carbocycles. The van der Waals surface area contributed by atoms with Gasteiger partial charge >= 0.3 is 0 Å². The normalized spacial score (nSPS) is 17.9. The molecule has 30 heavy (non-hydrogen) atoms. The highest BCUT2D eigenvalue weighted by Gasteiger charge is 2.15. The van der Waals surface area contributed by atoms with Crippen molar-refractivity contribution in [3.8, 4) is 0 Å². The monoisotopic (exact) mass is 403 g/mol. The van der Waals surface area contributed by atoms with E-state index in [-0.39, 0.29) is 0 Å². The largest absolute Gasteiger partial charge is 0.312 e. The zero-order valence-corrected chi connectivity index (χ0v) is 18.7. The van der Waals surface area contributed by atoms with E-state index >= 15 is 0 Å². The molecule has 1 aliphatic rings. The molecule has 1 aliphatic heterocycles. The summed E-state index contributed by atoms with van der Waals surface area (Å²) in [6, 6.07) is 11.6. The molecule has 3 heterocycles. The van der Waals surface area contributed by atoms with Gasteiger partial charge in [-0.05, 0) is 44.4 Å². The molecule has 3 aromatic rings. The van der Waals surface area contributed by atoms with Gasteiger partial charge in [-0.15, -0.1) is 0 Å². The molecule has 0 saturated carbocycles. The minimum Gasteiger partial charge on any atom is -0.312 e. The van der Waals surface area contributed by atoms with Gasteiger partial charge in [0.2, 0.25) is 0 Å². The second-order valence-electron chi connectivity index (χ2n) is 8.49. The topological polar surface area (TPSA) is 45.5 Å². The first-order chi connectivity index (χ1) is 14.5. The van der Waals surface area contributed by atoms with Crippen LogP contribution in [-0.2, 0) is 12.8 Å². The number of aryl methyl sites for hydroxylation is 3. The van der Waals surface area contributed by atoms with E-state index in [1.807, 2.05) is 4.52 Å². The van der Waals surface area contributed by atoms with Crippen LogP contribution in [0.4, 0.5) is 0 Å². The van der Waals surface area contributed by atoms with Crippen molar-refractivity contribution in [1.82, 2.24) is 24.8 Å². The van der Waals surface area contributed by atoms with Gasteiger partial charge in [0.25, 0.3) is 0 Å². The van der Waals surface area contributed by atoms with E-state index in [4.69, 9.17) is 10.1 Å². The molecule has 0 amide bonds. The minimum atomic E-state index is 0.585. The lowest BCUT2D eigenvalue weighted by molar-refractivity contribution is 0.227. The fourth-order valence-corrected chi connectivity index (χ4v) is 4.34. The average molecular weight is 404 g/mol. The Morgan fingerprint density at radius 1 is 1.20 bits per heavy atom. The van der Waals surface area contributed by atoms with Crippen molar-refractivity contribution in [2.75, 3.05) is 26.2 Å². The van der Waals surface area contributed by atoms with Crippen molar-refractivity contribution in [1.29, 1.82) is 0 Å². The number of hydrogen-bond acceptors (Lipinski definition) is 4. The molecule has 0 radical (unpaired) electrons. The first-order valence-corrected chi connectivity index (χ1v) is 11.1. The van der Waals surface area contributed by atoms with Gasteiger partial charge in [0, 0.05) is 55.6 Å². The van der Waals surface area contributed by atoms with Crippen molar-refractivity contribution >= 4 is 11.7 Å². The molecule has 5 nitrogen and oxygen atoms in total. The maximum Gasteiger partial charge on any atom is 0.159 e. The molecular weight excluding hydrogens is 370 g/mol. The summed E-state index contributed by atoms with van der Waals surface area (Å²) in [5, 5.41) is 8.30. The van der Waals surface area contributed by atoms with Crippen LogP contribution in [0.5, 0.6) is 0 Å². The zero-order chi connectivity index (χ0) is 21.1. The van der Waals surface area contributed by atoms with Crippen LogP contribution in [0.15, 0.2) is 36.4 Å². The van der Waals surface area contributed by atoms with Gasteiger partial charge in [-0.25, -0.2) is 9.50 Å². The Morgan fingerprint density at radius 2 is 2.00 bits per heavy atom. The molecule has 0 unspecified atom stereocenters. The fraction of sp³-hybridized carbons (Fsp3) is 0.440. The number of aromatic nitrogens is 3. The van der Waals surface area contributed by atoms with Gasteiger partial charge in [-0.3, -0.25) is 4.90 Å². The quantitative estimate of drug-likeness (QED) is 0.680. The number of rotatable bonds is 6. The molecule has 0 aliphatic carbocycles. The average Bonchev–Trinajstić information content (AvgIpc) is 3.07. The van der Waals surface area contributed by atoms with Crippen molar-refractivity contribution in [2.45, 2.75) is 46.6 Å². The van der Waals surface area contributed by atoms with Crippen molar-refractivity contribution in [2.24, 2.45) is 0 Å². The lowest BCUT2D eigenvalue weighted by atomic mass is 10.0. The molecule has 4 rings (SSSR count). The molecule has 1 saturated heterocycles. The Morgan fingerprint density at radius 3 is 2.73 bits per heavy atom. The third-order valence-corrected chi connectivity index (χ3v) is 5.90. The lowest BCUT2D eigenvalue weighted by Crippen LogP contribution is -2.49. The number of benzene rings is 1. The first-order valence-electron chi connectivity index (χ1n) is 11.1. The van der Waals surface area contributed by atoms with Crippen molar-refractivity contribution in [3.05, 3.63) is 70.2 Å². The van der Waals surface area contributed by atoms with E-state index in [9.17, 15) is 0 Å². The Kier molecular flexibility index (Phi) is 6.30. The highest BCUT2D eigenvalue weighted by atomic mass is 15.3. The van der Waals surface area contributed by atoms with Crippen LogP contribution in [0, 0.1) is 13.8 Å². The summed E-state index contributed by atoms with van der Waals surface area (Å²) >= 11 is 0. The number of fused-ring (bicyclic) bond motifs is 1. The lowest BCUT2D eigenvalue weighted by Gasteiger charge is -2.30. The van der Waals surface area contributed by atoms with E-state index in [0.717, 1.165) is 61.7 Å². The smallest absolute Gasteiger partial charge is 0.159 e. The van der Waals surface area contributed by atoms with E-state index in [1.165, 1.54) is 16.7 Å². The number of hydrogen-bond donors (Lipinski definition) is 1. The summed E-state index contributed by atoms with van der Waals surface area (Å²) in [4.78, 5) is 7.29. The van der Waals surface area contributed by atoms with E-state index in [2.05, 4.69) is 80.4 Å². The summed E-state index contributed by atoms with van der Waals surface area (Å²) in [7, 11) is 0. The van der Waals surface area contributed by atoms with E-state index in [0.29, 0.717) is 6.04 Å². The van der Waals surface area contributed by atoms with Gasteiger partial charge in [0.1, 0.15) is 0 Å². The van der Waals surface area contributed by atoms with Crippen LogP contribution in [0.2, 0.25) is 0 Å². The third-order valence-electron chi connectivity index (χ3n) is 5.90. The molecule has 1 N–H and O–H groups in total. The first kappa shape index (κ1) is 20.8. The molecule has 1 atom stereocenters. The van der Waals surface area contributed by atoms with Crippen LogP contribution >= 0.6 is 0 Å². The van der Waals surface area contributed by atoms with Crippen molar-refractivity contribution in [3.63, 3.8) is 0 Å². The second kappa shape index (κ2) is 9.11. The molecular formula is C25H33N5. The maximum atomic E-state index is 4.81. The SMILES string of the molecule is CCc1nn2c(C)cc(C)nc2c1Cc1ccc(C=CCN2CCN[C@@H](C)C2)cc1. The van der Waals surface area contributed by atoms with Crippen LogP contribution in [0.1, 0.15) is 47.6 Å². The molecule has 5 heteroatoms. The van der Waals surface area contributed by atoms with Gasteiger partial charge in [0.15, 0.2) is 5.65 Å². The van der Waals surface area contributed by atoms with Crippen molar-refractivity contribution < 1.29 is 0 Å². The molecule has 1 fully saturated rings. The fourth-order valence-electron chi connectivity index (χ4n) is 4.34. The summed E-state index contributed by atoms with van der Waals surface area (Å²) in [6.07, 6.45) is 6.30. The summed E-state index contributed by atoms with van der Waals surface area (Å²) in [5.74, 6) is 0. The predicted octanol–water partition coefficient (Wildman–Crippen LogP) is 3.81.